The van der Waals surface area contributed by atoms with Crippen LogP contribution in [0, 0.1) is 5.82 Å². The maximum Gasteiger partial charge on any atom is 0.330 e. The van der Waals surface area contributed by atoms with Gasteiger partial charge in [0.2, 0.25) is 0 Å². The summed E-state index contributed by atoms with van der Waals surface area (Å²) in [6.45, 7) is -0.562. The molecule has 6 nitrogen and oxygen atoms in total. The van der Waals surface area contributed by atoms with E-state index in [9.17, 15) is 22.8 Å². The van der Waals surface area contributed by atoms with Crippen molar-refractivity contribution in [1.82, 2.24) is 14.1 Å². The van der Waals surface area contributed by atoms with E-state index in [1.165, 1.54) is 29.9 Å². The predicted molar refractivity (Wildman–Crippen MR) is 83.0 cm³/mol. The first-order valence-corrected chi connectivity index (χ1v) is 7.14. The smallest absolute Gasteiger partial charge is 0.330 e. The number of carboxylic acid groups (broad SMARTS) is 1. The van der Waals surface area contributed by atoms with Gasteiger partial charge in [0.15, 0.2) is 5.65 Å². The summed E-state index contributed by atoms with van der Waals surface area (Å²) in [6, 6.07) is 4.71. The van der Waals surface area contributed by atoms with Crippen molar-refractivity contribution in [3.8, 4) is 11.1 Å². The summed E-state index contributed by atoms with van der Waals surface area (Å²) in [7, 11) is 1.45. The van der Waals surface area contributed by atoms with E-state index in [2.05, 4.69) is 4.98 Å². The topological polar surface area (TPSA) is 77.1 Å². The van der Waals surface area contributed by atoms with Crippen LogP contribution in [-0.2, 0) is 18.4 Å². The second-order valence-electron chi connectivity index (χ2n) is 5.43. The molecule has 0 spiro atoms. The van der Waals surface area contributed by atoms with Gasteiger partial charge in [0.1, 0.15) is 12.4 Å². The first-order valence-electron chi connectivity index (χ1n) is 7.14. The van der Waals surface area contributed by atoms with Gasteiger partial charge in [0, 0.05) is 18.8 Å². The molecule has 0 aliphatic heterocycles. The zero-order valence-electron chi connectivity index (χ0n) is 12.9. The number of nitrogens with zero attached hydrogens (tertiary/aromatic N) is 3. The van der Waals surface area contributed by atoms with Crippen molar-refractivity contribution < 1.29 is 23.1 Å². The molecule has 2 aromatic heterocycles. The van der Waals surface area contributed by atoms with Crippen molar-refractivity contribution in [2.24, 2.45) is 7.05 Å². The Morgan fingerprint density at radius 1 is 1.28 bits per heavy atom. The Bertz CT molecular complexity index is 1040. The number of carboxylic acids is 1. The van der Waals surface area contributed by atoms with Crippen LogP contribution in [0.3, 0.4) is 0 Å². The summed E-state index contributed by atoms with van der Waals surface area (Å²) in [4.78, 5) is 27.2. The van der Waals surface area contributed by atoms with Crippen LogP contribution in [0.2, 0.25) is 0 Å². The molecule has 9 heteroatoms. The first kappa shape index (κ1) is 16.7. The molecule has 0 amide bonds. The molecule has 3 rings (SSSR count). The third-order valence-electron chi connectivity index (χ3n) is 3.83. The summed E-state index contributed by atoms with van der Waals surface area (Å²) in [6.07, 6.45) is -1.62. The Balaban J connectivity index is 2.21. The van der Waals surface area contributed by atoms with Crippen LogP contribution >= 0.6 is 0 Å². The number of imidazole rings is 1. The predicted octanol–water partition coefficient (Wildman–Crippen LogP) is 2.56. The van der Waals surface area contributed by atoms with E-state index >= 15 is 0 Å². The van der Waals surface area contributed by atoms with Gasteiger partial charge in [-0.3, -0.25) is 13.9 Å². The van der Waals surface area contributed by atoms with Crippen molar-refractivity contribution in [2.45, 2.75) is 13.0 Å². The third kappa shape index (κ3) is 2.88. The molecule has 0 aliphatic rings. The molecule has 130 valence electrons. The number of fused-ring (bicyclic) bond motifs is 1. The lowest BCUT2D eigenvalue weighted by molar-refractivity contribution is -0.137. The highest BCUT2D eigenvalue weighted by Gasteiger charge is 2.17. The number of benzene rings is 1. The maximum atomic E-state index is 13.4. The number of rotatable bonds is 4. The number of pyridine rings is 1. The molecule has 0 unspecified atom stereocenters. The summed E-state index contributed by atoms with van der Waals surface area (Å²) in [5.41, 5.74) is -0.159. The molecule has 3 aromatic rings. The van der Waals surface area contributed by atoms with Crippen LogP contribution in [-0.4, -0.2) is 25.2 Å². The number of carbonyl (C=O) groups is 1. The van der Waals surface area contributed by atoms with E-state index in [1.807, 2.05) is 0 Å². The minimum absolute atomic E-state index is 0.246. The van der Waals surface area contributed by atoms with E-state index in [1.54, 1.807) is 0 Å². The van der Waals surface area contributed by atoms with Crippen molar-refractivity contribution in [3.63, 3.8) is 0 Å². The molecule has 0 radical (unpaired) electrons. The van der Waals surface area contributed by atoms with E-state index in [0.717, 1.165) is 16.7 Å². The van der Waals surface area contributed by atoms with E-state index in [-0.39, 0.29) is 16.7 Å². The van der Waals surface area contributed by atoms with Crippen molar-refractivity contribution in [1.29, 1.82) is 0 Å². The van der Waals surface area contributed by atoms with Crippen LogP contribution in [0.1, 0.15) is 12.0 Å². The number of hydrogen-bond acceptors (Lipinski definition) is 3. The van der Waals surface area contributed by atoms with Gasteiger partial charge in [0.05, 0.1) is 11.1 Å². The summed E-state index contributed by atoms with van der Waals surface area (Å²) in [5.74, 6) is -2.22. The zero-order valence-corrected chi connectivity index (χ0v) is 12.9. The van der Waals surface area contributed by atoms with Crippen LogP contribution in [0.25, 0.3) is 22.3 Å². The van der Waals surface area contributed by atoms with Crippen molar-refractivity contribution in [2.75, 3.05) is 0 Å². The molecule has 1 aromatic carbocycles. The zero-order chi connectivity index (χ0) is 18.3. The number of alkyl halides is 2. The number of aliphatic carboxylic acids is 1. The van der Waals surface area contributed by atoms with Crippen LogP contribution in [0.15, 0.2) is 35.3 Å². The Labute approximate surface area is 138 Å². The van der Waals surface area contributed by atoms with Crippen LogP contribution < -0.4 is 5.69 Å². The summed E-state index contributed by atoms with van der Waals surface area (Å²) >= 11 is 0. The molecule has 0 bridgehead atoms. The fraction of sp³-hybridized carbons (Fsp3) is 0.188. The van der Waals surface area contributed by atoms with Crippen molar-refractivity contribution in [3.05, 3.63) is 52.3 Å². The highest BCUT2D eigenvalue weighted by Crippen LogP contribution is 2.29. The van der Waals surface area contributed by atoms with Gasteiger partial charge in [-0.1, -0.05) is 6.07 Å². The highest BCUT2D eigenvalue weighted by molar-refractivity contribution is 5.80. The normalized spacial score (nSPS) is 11.4. The van der Waals surface area contributed by atoms with Crippen LogP contribution in [0.5, 0.6) is 0 Å². The van der Waals surface area contributed by atoms with Gasteiger partial charge in [-0.2, -0.15) is 0 Å². The fourth-order valence-corrected chi connectivity index (χ4v) is 2.61. The molecule has 0 aliphatic carbocycles. The minimum atomic E-state index is -2.97. The summed E-state index contributed by atoms with van der Waals surface area (Å²) < 4.78 is 41.4. The fourth-order valence-electron chi connectivity index (χ4n) is 2.61. The number of aromatic nitrogens is 3. The van der Waals surface area contributed by atoms with Crippen molar-refractivity contribution >= 4 is 17.1 Å². The average molecular weight is 351 g/mol. The Morgan fingerprint density at radius 2 is 2.00 bits per heavy atom. The van der Waals surface area contributed by atoms with Gasteiger partial charge in [-0.25, -0.2) is 22.9 Å². The molecular weight excluding hydrogens is 339 g/mol. The minimum Gasteiger partial charge on any atom is -0.480 e. The largest absolute Gasteiger partial charge is 0.480 e. The van der Waals surface area contributed by atoms with E-state index < -0.39 is 36.0 Å². The van der Waals surface area contributed by atoms with E-state index in [4.69, 9.17) is 5.11 Å². The van der Waals surface area contributed by atoms with Gasteiger partial charge in [-0.05, 0) is 23.8 Å². The number of aryl methyl sites for hydroxylation is 1. The molecule has 2 heterocycles. The quantitative estimate of drug-likeness (QED) is 0.784. The second-order valence-corrected chi connectivity index (χ2v) is 5.43. The standard InChI is InChI=1S/C16H12F3N3O3/c1-21-15-12(22(16(21)25)7-13(23)24)5-9(6-20-15)8-2-3-11(17)10(4-8)14(18)19/h2-6,14H,7H2,1H3,(H,23,24). The lowest BCUT2D eigenvalue weighted by Gasteiger charge is -2.07. The molecule has 0 atom stereocenters. The average Bonchev–Trinajstić information content (AvgIpc) is 2.79. The molecule has 0 saturated carbocycles. The molecule has 0 saturated heterocycles. The SMILES string of the molecule is Cn1c(=O)n(CC(=O)O)c2cc(-c3ccc(F)c(C(F)F)c3)cnc21. The van der Waals surface area contributed by atoms with Crippen LogP contribution in [0.4, 0.5) is 13.2 Å². The summed E-state index contributed by atoms with van der Waals surface area (Å²) in [5, 5.41) is 8.96. The van der Waals surface area contributed by atoms with Gasteiger partial charge < -0.3 is 5.11 Å². The lowest BCUT2D eigenvalue weighted by Crippen LogP contribution is -2.25. The number of halogens is 3. The van der Waals surface area contributed by atoms with Gasteiger partial charge >= 0.3 is 11.7 Å². The highest BCUT2D eigenvalue weighted by atomic mass is 19.3. The third-order valence-corrected chi connectivity index (χ3v) is 3.83. The molecule has 0 fully saturated rings. The first-order chi connectivity index (χ1) is 11.8. The Morgan fingerprint density at radius 3 is 2.64 bits per heavy atom. The number of hydrogen-bond donors (Lipinski definition) is 1. The van der Waals surface area contributed by atoms with Gasteiger partial charge in [0.25, 0.3) is 6.43 Å². The Hall–Kier alpha value is -3.10. The Kier molecular flexibility index (Phi) is 4.07. The monoisotopic (exact) mass is 351 g/mol. The second kappa shape index (κ2) is 6.08. The molecule has 25 heavy (non-hydrogen) atoms. The molecule has 1 N–H and O–H groups in total. The molecular formula is C16H12F3N3O3. The maximum absolute atomic E-state index is 13.4. The van der Waals surface area contributed by atoms with Gasteiger partial charge in [-0.15, -0.1) is 0 Å². The lowest BCUT2D eigenvalue weighted by atomic mass is 10.0. The van der Waals surface area contributed by atoms with E-state index in [0.29, 0.717) is 5.56 Å².